The van der Waals surface area contributed by atoms with Gasteiger partial charge in [-0.2, -0.15) is 0 Å². The van der Waals surface area contributed by atoms with Gasteiger partial charge in [0, 0.05) is 15.3 Å². The van der Waals surface area contributed by atoms with Gasteiger partial charge in [-0.05, 0) is 44.0 Å². The standard InChI is InChI=1S/C18H19NS2/c1-18(2,3)19-16-12-8-4-6-10-14(12)20-17(19)13-9-5-7-11-15(13)21-16/h4-11,16-17H,1-3H3/t16-,17-/m1/s1. The molecule has 0 radical (unpaired) electrons. The highest BCUT2D eigenvalue weighted by Crippen LogP contribution is 2.61. The van der Waals surface area contributed by atoms with Crippen LogP contribution in [0.3, 0.4) is 0 Å². The van der Waals surface area contributed by atoms with E-state index in [9.17, 15) is 0 Å². The summed E-state index contributed by atoms with van der Waals surface area (Å²) in [6.45, 7) is 6.99. The summed E-state index contributed by atoms with van der Waals surface area (Å²) in [5, 5.41) is 0.838. The molecule has 0 aliphatic carbocycles. The van der Waals surface area contributed by atoms with Crippen LogP contribution in [-0.4, -0.2) is 10.4 Å². The molecule has 108 valence electrons. The molecule has 0 aromatic heterocycles. The molecule has 0 N–H and O–H groups in total. The zero-order valence-corrected chi connectivity index (χ0v) is 14.2. The number of hydrogen-bond donors (Lipinski definition) is 0. The van der Waals surface area contributed by atoms with Crippen molar-refractivity contribution in [3.63, 3.8) is 0 Å². The third-order valence-electron chi connectivity index (χ3n) is 4.13. The van der Waals surface area contributed by atoms with Gasteiger partial charge in [-0.15, -0.1) is 23.5 Å². The van der Waals surface area contributed by atoms with E-state index in [0.717, 1.165) is 0 Å². The number of fused-ring (bicyclic) bond motifs is 6. The summed E-state index contributed by atoms with van der Waals surface area (Å²) in [7, 11) is 0. The number of benzene rings is 2. The van der Waals surface area contributed by atoms with Crippen LogP contribution in [0.5, 0.6) is 0 Å². The fraction of sp³-hybridized carbons (Fsp3) is 0.333. The second kappa shape index (κ2) is 4.80. The molecule has 2 aliphatic rings. The third kappa shape index (κ3) is 2.14. The van der Waals surface area contributed by atoms with Gasteiger partial charge in [-0.3, -0.25) is 4.90 Å². The second-order valence-electron chi connectivity index (χ2n) is 6.59. The molecule has 0 saturated heterocycles. The smallest absolute Gasteiger partial charge is 0.0887 e. The normalized spacial score (nSPS) is 24.3. The average Bonchev–Trinajstić information content (AvgIpc) is 2.46. The number of hydrogen-bond acceptors (Lipinski definition) is 3. The van der Waals surface area contributed by atoms with E-state index in [0.29, 0.717) is 10.7 Å². The Balaban J connectivity index is 1.92. The van der Waals surface area contributed by atoms with E-state index in [1.807, 2.05) is 23.5 Å². The van der Waals surface area contributed by atoms with Gasteiger partial charge in [0.25, 0.3) is 0 Å². The molecule has 2 atom stereocenters. The van der Waals surface area contributed by atoms with Gasteiger partial charge in [-0.25, -0.2) is 0 Å². The van der Waals surface area contributed by atoms with Crippen molar-refractivity contribution >= 4 is 23.5 Å². The molecule has 0 fully saturated rings. The highest BCUT2D eigenvalue weighted by atomic mass is 32.2. The van der Waals surface area contributed by atoms with E-state index in [-0.39, 0.29) is 5.54 Å². The fourth-order valence-corrected chi connectivity index (χ4v) is 6.61. The van der Waals surface area contributed by atoms with Crippen molar-refractivity contribution < 1.29 is 0 Å². The van der Waals surface area contributed by atoms with Crippen LogP contribution in [0.4, 0.5) is 0 Å². The predicted molar refractivity (Wildman–Crippen MR) is 91.7 cm³/mol. The highest BCUT2D eigenvalue weighted by Gasteiger charge is 2.45. The summed E-state index contributed by atoms with van der Waals surface area (Å²) in [5.41, 5.74) is 3.08. The molecule has 4 rings (SSSR count). The van der Waals surface area contributed by atoms with Gasteiger partial charge in [0.05, 0.1) is 10.7 Å². The van der Waals surface area contributed by atoms with Gasteiger partial charge in [0.1, 0.15) is 0 Å². The van der Waals surface area contributed by atoms with E-state index in [1.165, 1.54) is 20.9 Å². The lowest BCUT2D eigenvalue weighted by atomic mass is 10.0. The van der Waals surface area contributed by atoms with Crippen LogP contribution in [0.15, 0.2) is 58.3 Å². The van der Waals surface area contributed by atoms with Crippen molar-refractivity contribution in [3.8, 4) is 0 Å². The van der Waals surface area contributed by atoms with Crippen molar-refractivity contribution in [1.82, 2.24) is 4.90 Å². The molecular formula is C18H19NS2. The maximum absolute atomic E-state index is 2.67. The number of nitrogens with zero attached hydrogens (tertiary/aromatic N) is 1. The van der Waals surface area contributed by atoms with E-state index < -0.39 is 0 Å². The molecular weight excluding hydrogens is 294 g/mol. The third-order valence-corrected chi connectivity index (χ3v) is 6.79. The molecule has 0 saturated carbocycles. The monoisotopic (exact) mass is 313 g/mol. The van der Waals surface area contributed by atoms with Gasteiger partial charge < -0.3 is 0 Å². The zero-order chi connectivity index (χ0) is 14.6. The lowest BCUT2D eigenvalue weighted by Gasteiger charge is -2.52. The molecule has 21 heavy (non-hydrogen) atoms. The highest BCUT2D eigenvalue weighted by molar-refractivity contribution is 8.01. The summed E-state index contributed by atoms with van der Waals surface area (Å²) < 4.78 is 0. The van der Waals surface area contributed by atoms with E-state index in [1.54, 1.807) is 0 Å². The lowest BCUT2D eigenvalue weighted by Crippen LogP contribution is -2.47. The van der Waals surface area contributed by atoms with Gasteiger partial charge in [-0.1, -0.05) is 36.4 Å². The minimum Gasteiger partial charge on any atom is -0.266 e. The van der Waals surface area contributed by atoms with Gasteiger partial charge in [0.2, 0.25) is 0 Å². The molecule has 1 nitrogen and oxygen atoms in total. The maximum atomic E-state index is 2.67. The Morgan fingerprint density at radius 2 is 1.19 bits per heavy atom. The molecule has 0 unspecified atom stereocenters. The molecule has 2 heterocycles. The minimum absolute atomic E-state index is 0.149. The van der Waals surface area contributed by atoms with Gasteiger partial charge in [0.15, 0.2) is 0 Å². The maximum Gasteiger partial charge on any atom is 0.0887 e. The largest absolute Gasteiger partial charge is 0.266 e. The predicted octanol–water partition coefficient (Wildman–Crippen LogP) is 5.70. The SMILES string of the molecule is CC(C)(C)N1[C@@H]2Sc3ccccc3[C@H]1Sc1ccccc12. The van der Waals surface area contributed by atoms with Crippen molar-refractivity contribution in [2.75, 3.05) is 0 Å². The summed E-state index contributed by atoms with van der Waals surface area (Å²) in [6.07, 6.45) is 0. The summed E-state index contributed by atoms with van der Waals surface area (Å²) in [4.78, 5) is 5.55. The summed E-state index contributed by atoms with van der Waals surface area (Å²) in [6, 6.07) is 17.8. The summed E-state index contributed by atoms with van der Waals surface area (Å²) in [5.74, 6) is 0. The van der Waals surface area contributed by atoms with E-state index >= 15 is 0 Å². The minimum atomic E-state index is 0.149. The van der Waals surface area contributed by atoms with Crippen molar-refractivity contribution in [3.05, 3.63) is 59.7 Å². The van der Waals surface area contributed by atoms with Crippen molar-refractivity contribution in [1.29, 1.82) is 0 Å². The Labute approximate surface area is 135 Å². The molecule has 3 heteroatoms. The zero-order valence-electron chi connectivity index (χ0n) is 12.5. The summed E-state index contributed by atoms with van der Waals surface area (Å²) >= 11 is 4.00. The first kappa shape index (κ1) is 13.7. The first-order valence-corrected chi connectivity index (χ1v) is 9.11. The van der Waals surface area contributed by atoms with Crippen LogP contribution in [0.25, 0.3) is 0 Å². The number of thioether (sulfide) groups is 2. The molecule has 2 aromatic carbocycles. The van der Waals surface area contributed by atoms with Crippen LogP contribution < -0.4 is 0 Å². The Hall–Kier alpha value is -0.900. The molecule has 2 aliphatic heterocycles. The van der Waals surface area contributed by atoms with Crippen LogP contribution in [-0.2, 0) is 0 Å². The Kier molecular flexibility index (Phi) is 3.14. The Bertz CT molecular complexity index is 636. The quantitative estimate of drug-likeness (QED) is 0.614. The van der Waals surface area contributed by atoms with Crippen molar-refractivity contribution in [2.24, 2.45) is 0 Å². The van der Waals surface area contributed by atoms with Crippen LogP contribution in [0.1, 0.15) is 42.6 Å². The molecule has 2 aromatic rings. The first-order chi connectivity index (χ1) is 10.1. The Morgan fingerprint density at radius 3 is 1.62 bits per heavy atom. The average molecular weight is 313 g/mol. The second-order valence-corrected chi connectivity index (χ2v) is 8.84. The topological polar surface area (TPSA) is 3.24 Å². The molecule has 0 amide bonds. The molecule has 0 spiro atoms. The van der Waals surface area contributed by atoms with Crippen LogP contribution in [0.2, 0.25) is 0 Å². The first-order valence-electron chi connectivity index (χ1n) is 7.35. The Morgan fingerprint density at radius 1 is 0.762 bits per heavy atom. The fourth-order valence-electron chi connectivity index (χ4n) is 3.19. The van der Waals surface area contributed by atoms with Crippen molar-refractivity contribution in [2.45, 2.75) is 46.8 Å². The van der Waals surface area contributed by atoms with Crippen LogP contribution >= 0.6 is 23.5 Å². The number of rotatable bonds is 0. The van der Waals surface area contributed by atoms with Gasteiger partial charge >= 0.3 is 0 Å². The van der Waals surface area contributed by atoms with E-state index in [4.69, 9.17) is 0 Å². The van der Waals surface area contributed by atoms with Crippen LogP contribution in [0, 0.1) is 0 Å². The molecule has 2 bridgehead atoms. The lowest BCUT2D eigenvalue weighted by molar-refractivity contribution is 0.0992. The van der Waals surface area contributed by atoms with E-state index in [2.05, 4.69) is 74.2 Å².